The lowest BCUT2D eigenvalue weighted by Gasteiger charge is -2.55. The first-order valence-electron chi connectivity index (χ1n) is 8.17. The molecule has 0 radical (unpaired) electrons. The Balaban J connectivity index is 2.14. The van der Waals surface area contributed by atoms with E-state index < -0.39 is 5.41 Å². The first-order chi connectivity index (χ1) is 11.0. The van der Waals surface area contributed by atoms with Gasteiger partial charge in [-0.1, -0.05) is 55.5 Å². The predicted octanol–water partition coefficient (Wildman–Crippen LogP) is 3.86. The zero-order valence-electron chi connectivity index (χ0n) is 13.7. The first-order valence-corrected chi connectivity index (χ1v) is 8.17. The average molecular weight is 304 g/mol. The van der Waals surface area contributed by atoms with Crippen molar-refractivity contribution in [1.82, 2.24) is 0 Å². The molecule has 2 aromatic rings. The summed E-state index contributed by atoms with van der Waals surface area (Å²) in [7, 11) is 0. The van der Waals surface area contributed by atoms with Gasteiger partial charge in [0, 0.05) is 23.2 Å². The molecular weight excluding hydrogens is 284 g/mol. The van der Waals surface area contributed by atoms with Gasteiger partial charge in [0.05, 0.1) is 0 Å². The lowest BCUT2D eigenvalue weighted by Crippen LogP contribution is -2.55. The second kappa shape index (κ2) is 4.64. The summed E-state index contributed by atoms with van der Waals surface area (Å²) in [6.07, 6.45) is 0. The summed E-state index contributed by atoms with van der Waals surface area (Å²) in [5, 5.41) is 0. The first kappa shape index (κ1) is 14.4. The van der Waals surface area contributed by atoms with E-state index in [0.29, 0.717) is 0 Å². The van der Waals surface area contributed by atoms with Crippen LogP contribution in [-0.4, -0.2) is 11.6 Å². The van der Waals surface area contributed by atoms with E-state index in [1.807, 2.05) is 24.3 Å². The quantitative estimate of drug-likeness (QED) is 0.844. The third kappa shape index (κ3) is 1.64. The lowest BCUT2D eigenvalue weighted by molar-refractivity contribution is -0.134. The molecule has 2 atom stereocenters. The number of carbonyl (C=O) groups is 2. The SMILES string of the molecule is CC(=O)C1C2c3ccccc3C(C)(c3ccccc32)C1C(C)=O. The van der Waals surface area contributed by atoms with Gasteiger partial charge in [0.1, 0.15) is 11.6 Å². The van der Waals surface area contributed by atoms with Gasteiger partial charge in [0.2, 0.25) is 0 Å². The smallest absolute Gasteiger partial charge is 0.134 e. The highest BCUT2D eigenvalue weighted by Gasteiger charge is 2.59. The van der Waals surface area contributed by atoms with Gasteiger partial charge in [-0.15, -0.1) is 0 Å². The highest BCUT2D eigenvalue weighted by Crippen LogP contribution is 2.61. The molecule has 2 heteroatoms. The summed E-state index contributed by atoms with van der Waals surface area (Å²) in [6, 6.07) is 16.6. The number of carbonyl (C=O) groups excluding carboxylic acids is 2. The van der Waals surface area contributed by atoms with Crippen LogP contribution in [0.2, 0.25) is 0 Å². The molecule has 2 aromatic carbocycles. The average Bonchev–Trinajstić information content (AvgIpc) is 2.54. The van der Waals surface area contributed by atoms with Crippen molar-refractivity contribution in [3.05, 3.63) is 70.8 Å². The molecule has 3 aliphatic rings. The van der Waals surface area contributed by atoms with E-state index in [4.69, 9.17) is 0 Å². The van der Waals surface area contributed by atoms with Crippen molar-refractivity contribution < 1.29 is 9.59 Å². The van der Waals surface area contributed by atoms with Crippen LogP contribution >= 0.6 is 0 Å². The molecule has 3 aliphatic carbocycles. The van der Waals surface area contributed by atoms with Crippen molar-refractivity contribution in [3.8, 4) is 0 Å². The monoisotopic (exact) mass is 304 g/mol. The van der Waals surface area contributed by atoms with E-state index in [9.17, 15) is 9.59 Å². The molecule has 2 unspecified atom stereocenters. The molecule has 0 amide bonds. The zero-order valence-corrected chi connectivity index (χ0v) is 13.7. The molecule has 0 heterocycles. The van der Waals surface area contributed by atoms with E-state index in [2.05, 4.69) is 31.2 Å². The maximum absolute atomic E-state index is 12.6. The van der Waals surface area contributed by atoms with Crippen LogP contribution < -0.4 is 0 Å². The molecule has 0 aliphatic heterocycles. The number of Topliss-reactive ketones (excluding diaryl/α,β-unsaturated/α-hetero) is 2. The molecule has 0 spiro atoms. The summed E-state index contributed by atoms with van der Waals surface area (Å²) in [5.41, 5.74) is 4.42. The Hall–Kier alpha value is -2.22. The van der Waals surface area contributed by atoms with Gasteiger partial charge in [-0.25, -0.2) is 0 Å². The molecule has 0 fully saturated rings. The van der Waals surface area contributed by atoms with Gasteiger partial charge < -0.3 is 0 Å². The molecule has 0 N–H and O–H groups in total. The Morgan fingerprint density at radius 1 is 0.826 bits per heavy atom. The minimum Gasteiger partial charge on any atom is -0.300 e. The normalized spacial score (nSPS) is 30.5. The molecule has 2 nitrogen and oxygen atoms in total. The third-order valence-electron chi connectivity index (χ3n) is 5.96. The second-order valence-electron chi connectivity index (χ2n) is 7.08. The summed E-state index contributed by atoms with van der Waals surface area (Å²) in [6.45, 7) is 5.41. The fourth-order valence-electron chi connectivity index (χ4n) is 5.20. The van der Waals surface area contributed by atoms with E-state index in [1.165, 1.54) is 22.3 Å². The third-order valence-corrected chi connectivity index (χ3v) is 5.96. The lowest BCUT2D eigenvalue weighted by atomic mass is 9.46. The van der Waals surface area contributed by atoms with Crippen LogP contribution in [0.15, 0.2) is 48.5 Å². The molecule has 0 saturated heterocycles. The van der Waals surface area contributed by atoms with Gasteiger partial charge in [0.15, 0.2) is 0 Å². The van der Waals surface area contributed by atoms with Crippen LogP contribution in [0.4, 0.5) is 0 Å². The van der Waals surface area contributed by atoms with Crippen molar-refractivity contribution in [2.75, 3.05) is 0 Å². The number of hydrogen-bond acceptors (Lipinski definition) is 2. The number of benzene rings is 2. The van der Waals surface area contributed by atoms with Gasteiger partial charge in [-0.05, 0) is 36.1 Å². The van der Waals surface area contributed by atoms with Crippen LogP contribution in [-0.2, 0) is 15.0 Å². The van der Waals surface area contributed by atoms with Crippen molar-refractivity contribution >= 4 is 11.6 Å². The van der Waals surface area contributed by atoms with Crippen LogP contribution in [0, 0.1) is 11.8 Å². The second-order valence-corrected chi connectivity index (χ2v) is 7.08. The molecule has 5 rings (SSSR count). The Labute approximate surface area is 136 Å². The number of fused-ring (bicyclic) bond motifs is 1. The van der Waals surface area contributed by atoms with E-state index >= 15 is 0 Å². The van der Waals surface area contributed by atoms with Crippen molar-refractivity contribution in [3.63, 3.8) is 0 Å². The fraction of sp³-hybridized carbons (Fsp3) is 0.333. The van der Waals surface area contributed by atoms with Crippen LogP contribution in [0.25, 0.3) is 0 Å². The molecule has 0 saturated carbocycles. The summed E-state index contributed by atoms with van der Waals surface area (Å²) >= 11 is 0. The van der Waals surface area contributed by atoms with Crippen molar-refractivity contribution in [2.24, 2.45) is 11.8 Å². The molecule has 116 valence electrons. The van der Waals surface area contributed by atoms with Crippen LogP contribution in [0.5, 0.6) is 0 Å². The van der Waals surface area contributed by atoms with Crippen molar-refractivity contribution in [1.29, 1.82) is 0 Å². The highest BCUT2D eigenvalue weighted by molar-refractivity contribution is 5.93. The van der Waals surface area contributed by atoms with Crippen LogP contribution in [0.1, 0.15) is 48.9 Å². The minimum atomic E-state index is -0.426. The van der Waals surface area contributed by atoms with Crippen LogP contribution in [0.3, 0.4) is 0 Å². The fourth-order valence-corrected chi connectivity index (χ4v) is 5.20. The summed E-state index contributed by atoms with van der Waals surface area (Å²) in [5.74, 6) is -0.320. The van der Waals surface area contributed by atoms with Gasteiger partial charge in [0.25, 0.3) is 0 Å². The largest absolute Gasteiger partial charge is 0.300 e. The van der Waals surface area contributed by atoms with Gasteiger partial charge in [-0.2, -0.15) is 0 Å². The maximum Gasteiger partial charge on any atom is 0.134 e. The Morgan fingerprint density at radius 2 is 1.30 bits per heavy atom. The van der Waals surface area contributed by atoms with Gasteiger partial charge in [-0.3, -0.25) is 9.59 Å². The Bertz CT molecular complexity index is 786. The van der Waals surface area contributed by atoms with E-state index in [0.717, 1.165) is 0 Å². The maximum atomic E-state index is 12.6. The standard InChI is InChI=1S/C21H20O2/c1-12(22)18-19-14-8-4-6-10-16(14)21(3,20(18)13(2)23)17-11-7-5-9-15(17)19/h4-11,18-20H,1-3H3. The zero-order chi connectivity index (χ0) is 16.4. The van der Waals surface area contributed by atoms with E-state index in [-0.39, 0.29) is 29.3 Å². The minimum absolute atomic E-state index is 0.00405. The number of ketones is 2. The summed E-state index contributed by atoms with van der Waals surface area (Å²) in [4.78, 5) is 25.1. The number of hydrogen-bond donors (Lipinski definition) is 0. The molecule has 23 heavy (non-hydrogen) atoms. The van der Waals surface area contributed by atoms with E-state index in [1.54, 1.807) is 13.8 Å². The molecule has 2 bridgehead atoms. The van der Waals surface area contributed by atoms with Crippen molar-refractivity contribution in [2.45, 2.75) is 32.1 Å². The molecular formula is C21H20O2. The highest BCUT2D eigenvalue weighted by atomic mass is 16.1. The Morgan fingerprint density at radius 3 is 1.74 bits per heavy atom. The molecule has 0 aromatic heterocycles. The Kier molecular flexibility index (Phi) is 2.90. The summed E-state index contributed by atoms with van der Waals surface area (Å²) < 4.78 is 0. The number of rotatable bonds is 2. The topological polar surface area (TPSA) is 34.1 Å². The predicted molar refractivity (Wildman–Crippen MR) is 89.5 cm³/mol. The van der Waals surface area contributed by atoms with Gasteiger partial charge >= 0.3 is 0 Å².